The zero-order chi connectivity index (χ0) is 21.3. The van der Waals surface area contributed by atoms with E-state index in [1.165, 1.54) is 12.8 Å². The van der Waals surface area contributed by atoms with E-state index in [-0.39, 0.29) is 5.91 Å². The highest BCUT2D eigenvalue weighted by Crippen LogP contribution is 2.40. The first-order valence-corrected chi connectivity index (χ1v) is 10.9. The molecule has 6 rings (SSSR count). The molecule has 2 aliphatic rings. The van der Waals surface area contributed by atoms with Gasteiger partial charge in [0.05, 0.1) is 6.20 Å². The molecule has 4 heterocycles. The third kappa shape index (κ3) is 2.89. The number of nitrogens with one attached hydrogen (secondary N) is 1. The standard InChI is InChI=1S/C25H25N5O/c1-14-6-17(7-19-13-30(25(31)23(14)19)15(2)16-4-5-16)18-8-21-22(11-27-24(21)26-9-18)20-10-28-29(3)12-20/h6-12,15-16H,4-5,13H2,1-3H3,(H,26,27)/t15-/m0/s1. The van der Waals surface area contributed by atoms with Crippen LogP contribution in [0.3, 0.4) is 0 Å². The molecular weight excluding hydrogens is 386 g/mol. The number of carbonyl (C=O) groups excluding carboxylic acids is 1. The van der Waals surface area contributed by atoms with Crippen molar-refractivity contribution in [2.24, 2.45) is 13.0 Å². The number of benzene rings is 1. The maximum Gasteiger partial charge on any atom is 0.255 e. The molecule has 6 heteroatoms. The lowest BCUT2D eigenvalue weighted by molar-refractivity contribution is 0.0697. The van der Waals surface area contributed by atoms with Gasteiger partial charge in [0, 0.05) is 65.9 Å². The van der Waals surface area contributed by atoms with Crippen LogP contribution in [0.1, 0.15) is 41.3 Å². The fraction of sp³-hybridized carbons (Fsp3) is 0.320. The molecule has 0 unspecified atom stereocenters. The van der Waals surface area contributed by atoms with Crippen LogP contribution < -0.4 is 0 Å². The zero-order valence-electron chi connectivity index (χ0n) is 18.0. The number of aromatic amines is 1. The number of H-pyrrole nitrogens is 1. The second-order valence-electron chi connectivity index (χ2n) is 9.06. The largest absolute Gasteiger partial charge is 0.346 e. The van der Waals surface area contributed by atoms with Crippen molar-refractivity contribution in [3.8, 4) is 22.3 Å². The third-order valence-electron chi connectivity index (χ3n) is 6.91. The number of aryl methyl sites for hydroxylation is 2. The number of amides is 1. The average molecular weight is 412 g/mol. The zero-order valence-corrected chi connectivity index (χ0v) is 18.0. The predicted octanol–water partition coefficient (Wildman–Crippen LogP) is 4.69. The number of pyridine rings is 1. The van der Waals surface area contributed by atoms with E-state index < -0.39 is 0 Å². The number of fused-ring (bicyclic) bond motifs is 2. The van der Waals surface area contributed by atoms with Crippen LogP contribution in [0.5, 0.6) is 0 Å². The number of nitrogens with zero attached hydrogens (tertiary/aromatic N) is 4. The van der Waals surface area contributed by atoms with E-state index in [9.17, 15) is 4.79 Å². The Bertz CT molecular complexity index is 1340. The quantitative estimate of drug-likeness (QED) is 0.530. The molecule has 156 valence electrons. The summed E-state index contributed by atoms with van der Waals surface area (Å²) in [7, 11) is 1.92. The van der Waals surface area contributed by atoms with Crippen LogP contribution in [0, 0.1) is 12.8 Å². The molecule has 1 saturated carbocycles. The first kappa shape index (κ1) is 18.4. The summed E-state index contributed by atoms with van der Waals surface area (Å²) in [5, 5.41) is 5.37. The van der Waals surface area contributed by atoms with Crippen molar-refractivity contribution < 1.29 is 4.79 Å². The van der Waals surface area contributed by atoms with Gasteiger partial charge in [-0.25, -0.2) is 4.98 Å². The van der Waals surface area contributed by atoms with E-state index >= 15 is 0 Å². The minimum absolute atomic E-state index is 0.191. The summed E-state index contributed by atoms with van der Waals surface area (Å²) in [6, 6.07) is 6.81. The van der Waals surface area contributed by atoms with Crippen LogP contribution in [0.2, 0.25) is 0 Å². The summed E-state index contributed by atoms with van der Waals surface area (Å²) in [6.45, 7) is 4.96. The van der Waals surface area contributed by atoms with Crippen molar-refractivity contribution in [3.63, 3.8) is 0 Å². The van der Waals surface area contributed by atoms with Gasteiger partial charge in [-0.3, -0.25) is 9.48 Å². The maximum atomic E-state index is 13.1. The van der Waals surface area contributed by atoms with Gasteiger partial charge in [0.15, 0.2) is 0 Å². The van der Waals surface area contributed by atoms with Crippen LogP contribution in [0.15, 0.2) is 43.0 Å². The Morgan fingerprint density at radius 3 is 2.71 bits per heavy atom. The Morgan fingerprint density at radius 1 is 1.13 bits per heavy atom. The maximum absolute atomic E-state index is 13.1. The molecule has 3 aromatic heterocycles. The molecule has 1 fully saturated rings. The van der Waals surface area contributed by atoms with Gasteiger partial charge >= 0.3 is 0 Å². The molecule has 1 aliphatic heterocycles. The summed E-state index contributed by atoms with van der Waals surface area (Å²) in [6.07, 6.45) is 10.3. The van der Waals surface area contributed by atoms with Crippen LogP contribution >= 0.6 is 0 Å². The Balaban J connectivity index is 1.41. The molecule has 1 aromatic carbocycles. The van der Waals surface area contributed by atoms with Gasteiger partial charge in [0.1, 0.15) is 5.65 Å². The molecule has 31 heavy (non-hydrogen) atoms. The smallest absolute Gasteiger partial charge is 0.255 e. The molecule has 0 saturated heterocycles. The third-order valence-corrected chi connectivity index (χ3v) is 6.91. The lowest BCUT2D eigenvalue weighted by atomic mass is 9.96. The minimum atomic E-state index is 0.191. The molecule has 1 aliphatic carbocycles. The number of hydrogen-bond donors (Lipinski definition) is 1. The van der Waals surface area contributed by atoms with Gasteiger partial charge in [0.25, 0.3) is 5.91 Å². The molecule has 0 bridgehead atoms. The normalized spacial score (nSPS) is 16.9. The minimum Gasteiger partial charge on any atom is -0.346 e. The topological polar surface area (TPSA) is 66.8 Å². The SMILES string of the molecule is Cc1cc(-c2cnc3[nH]cc(-c4cnn(C)c4)c3c2)cc2c1C(=O)N([C@@H](C)C1CC1)C2. The Kier molecular flexibility index (Phi) is 3.88. The summed E-state index contributed by atoms with van der Waals surface area (Å²) in [5.41, 5.74) is 8.26. The second kappa shape index (κ2) is 6.54. The lowest BCUT2D eigenvalue weighted by Crippen LogP contribution is -2.34. The van der Waals surface area contributed by atoms with Gasteiger partial charge in [0.2, 0.25) is 0 Å². The van der Waals surface area contributed by atoms with Crippen LogP contribution in [0.4, 0.5) is 0 Å². The monoisotopic (exact) mass is 411 g/mol. The molecular formula is C25H25N5O. The van der Waals surface area contributed by atoms with Gasteiger partial charge in [-0.05, 0) is 61.4 Å². The number of rotatable bonds is 4. The van der Waals surface area contributed by atoms with E-state index in [0.29, 0.717) is 18.5 Å². The van der Waals surface area contributed by atoms with Crippen molar-refractivity contribution in [2.45, 2.75) is 39.3 Å². The number of carbonyl (C=O) groups is 1. The highest BCUT2D eigenvalue weighted by Gasteiger charge is 2.39. The molecule has 1 N–H and O–H groups in total. The average Bonchev–Trinajstić information content (AvgIpc) is 3.24. The summed E-state index contributed by atoms with van der Waals surface area (Å²) in [4.78, 5) is 23.1. The number of aromatic nitrogens is 4. The van der Waals surface area contributed by atoms with E-state index in [1.807, 2.05) is 31.8 Å². The van der Waals surface area contributed by atoms with Crippen LogP contribution in [-0.4, -0.2) is 36.6 Å². The molecule has 6 nitrogen and oxygen atoms in total. The van der Waals surface area contributed by atoms with Crippen LogP contribution in [0.25, 0.3) is 33.3 Å². The Hall–Kier alpha value is -3.41. The highest BCUT2D eigenvalue weighted by atomic mass is 16.2. The van der Waals surface area contributed by atoms with Gasteiger partial charge in [-0.1, -0.05) is 6.07 Å². The van der Waals surface area contributed by atoms with Crippen LogP contribution in [-0.2, 0) is 13.6 Å². The van der Waals surface area contributed by atoms with E-state index in [1.54, 1.807) is 4.68 Å². The molecule has 1 amide bonds. The van der Waals surface area contributed by atoms with E-state index in [0.717, 1.165) is 50.0 Å². The van der Waals surface area contributed by atoms with E-state index in [2.05, 4.69) is 52.0 Å². The van der Waals surface area contributed by atoms with Crippen molar-refractivity contribution in [3.05, 3.63) is 59.7 Å². The fourth-order valence-electron chi connectivity index (χ4n) is 4.98. The lowest BCUT2D eigenvalue weighted by Gasteiger charge is -2.24. The molecule has 4 aromatic rings. The van der Waals surface area contributed by atoms with Gasteiger partial charge < -0.3 is 9.88 Å². The fourth-order valence-corrected chi connectivity index (χ4v) is 4.98. The summed E-state index contributed by atoms with van der Waals surface area (Å²) < 4.78 is 1.81. The highest BCUT2D eigenvalue weighted by molar-refractivity contribution is 6.01. The molecule has 0 spiro atoms. The molecule has 1 atom stereocenters. The van der Waals surface area contributed by atoms with Crippen molar-refractivity contribution in [1.82, 2.24) is 24.6 Å². The Labute approximate surface area is 180 Å². The Morgan fingerprint density at radius 2 is 1.97 bits per heavy atom. The summed E-state index contributed by atoms with van der Waals surface area (Å²) >= 11 is 0. The van der Waals surface area contributed by atoms with Crippen molar-refractivity contribution in [2.75, 3.05) is 0 Å². The van der Waals surface area contributed by atoms with E-state index in [4.69, 9.17) is 0 Å². The molecule has 0 radical (unpaired) electrons. The van der Waals surface area contributed by atoms with Gasteiger partial charge in [-0.15, -0.1) is 0 Å². The van der Waals surface area contributed by atoms with Gasteiger partial charge in [-0.2, -0.15) is 5.10 Å². The number of hydrogen-bond acceptors (Lipinski definition) is 3. The second-order valence-corrected chi connectivity index (χ2v) is 9.06. The van der Waals surface area contributed by atoms with Crippen molar-refractivity contribution in [1.29, 1.82) is 0 Å². The predicted molar refractivity (Wildman–Crippen MR) is 121 cm³/mol. The summed E-state index contributed by atoms with van der Waals surface area (Å²) in [5.74, 6) is 0.862. The first-order chi connectivity index (χ1) is 15.0. The van der Waals surface area contributed by atoms with Crippen molar-refractivity contribution >= 4 is 16.9 Å². The first-order valence-electron chi connectivity index (χ1n) is 10.9.